The smallest absolute Gasteiger partial charge is 0.223 e. The molecule has 0 saturated heterocycles. The number of hydrogen-bond acceptors (Lipinski definition) is 5. The third-order valence-corrected chi connectivity index (χ3v) is 7.32. The highest BCUT2D eigenvalue weighted by atomic mass is 32.2. The van der Waals surface area contributed by atoms with E-state index < -0.39 is 9.84 Å². The summed E-state index contributed by atoms with van der Waals surface area (Å²) in [5.41, 5.74) is 1.72. The molecule has 0 atom stereocenters. The van der Waals surface area contributed by atoms with Crippen LogP contribution in [0, 0.1) is 6.92 Å². The monoisotopic (exact) mass is 375 g/mol. The van der Waals surface area contributed by atoms with Gasteiger partial charge >= 0.3 is 0 Å². The van der Waals surface area contributed by atoms with E-state index in [9.17, 15) is 13.2 Å². The predicted molar refractivity (Wildman–Crippen MR) is 101 cm³/mol. The lowest BCUT2D eigenvalue weighted by molar-refractivity contribution is -0.130. The summed E-state index contributed by atoms with van der Waals surface area (Å²) in [6.45, 7) is 2.19. The predicted octanol–water partition coefficient (Wildman–Crippen LogP) is 2.64. The number of rotatable bonds is 6. The first-order valence-corrected chi connectivity index (χ1v) is 10.8. The zero-order chi connectivity index (χ0) is 18.7. The van der Waals surface area contributed by atoms with Crippen molar-refractivity contribution >= 4 is 26.6 Å². The van der Waals surface area contributed by atoms with Gasteiger partial charge in [-0.3, -0.25) is 4.79 Å². The Kier molecular flexibility index (Phi) is 5.55. The highest BCUT2D eigenvalue weighted by Crippen LogP contribution is 2.25. The second-order valence-electron chi connectivity index (χ2n) is 7.02. The minimum absolute atomic E-state index is 0.0158. The first-order chi connectivity index (χ1) is 12.4. The van der Waals surface area contributed by atoms with Gasteiger partial charge in [0, 0.05) is 24.5 Å². The first-order valence-electron chi connectivity index (χ1n) is 9.04. The first kappa shape index (κ1) is 18.8. The SMILES string of the molecule is Cc1nc(CN(C)C(=O)CCS(=O)(=O)C2CCCC2)nc2ccccc12. The Balaban J connectivity index is 1.62. The molecule has 140 valence electrons. The van der Waals surface area contributed by atoms with Gasteiger partial charge in [0.15, 0.2) is 9.84 Å². The molecule has 7 heteroatoms. The summed E-state index contributed by atoms with van der Waals surface area (Å²) in [6.07, 6.45) is 3.42. The van der Waals surface area contributed by atoms with E-state index in [0.29, 0.717) is 5.82 Å². The third-order valence-electron chi connectivity index (χ3n) is 5.05. The van der Waals surface area contributed by atoms with E-state index in [0.717, 1.165) is 42.3 Å². The number of amides is 1. The highest BCUT2D eigenvalue weighted by molar-refractivity contribution is 7.92. The van der Waals surface area contributed by atoms with Crippen molar-refractivity contribution in [3.8, 4) is 0 Å². The van der Waals surface area contributed by atoms with Crippen molar-refractivity contribution in [1.82, 2.24) is 14.9 Å². The zero-order valence-electron chi connectivity index (χ0n) is 15.3. The number of hydrogen-bond donors (Lipinski definition) is 0. The Morgan fingerprint density at radius 2 is 1.88 bits per heavy atom. The quantitative estimate of drug-likeness (QED) is 0.775. The molecule has 26 heavy (non-hydrogen) atoms. The molecule has 1 aromatic carbocycles. The molecule has 1 aromatic heterocycles. The fraction of sp³-hybridized carbons (Fsp3) is 0.526. The molecule has 0 bridgehead atoms. The van der Waals surface area contributed by atoms with Gasteiger partial charge in [-0.15, -0.1) is 0 Å². The summed E-state index contributed by atoms with van der Waals surface area (Å²) >= 11 is 0. The van der Waals surface area contributed by atoms with Crippen LogP contribution in [0.15, 0.2) is 24.3 Å². The summed E-state index contributed by atoms with van der Waals surface area (Å²) in [6, 6.07) is 7.75. The van der Waals surface area contributed by atoms with E-state index in [2.05, 4.69) is 9.97 Å². The molecule has 6 nitrogen and oxygen atoms in total. The number of fused-ring (bicyclic) bond motifs is 1. The molecule has 0 aliphatic heterocycles. The molecule has 0 unspecified atom stereocenters. The minimum Gasteiger partial charge on any atom is -0.338 e. The number of carbonyl (C=O) groups is 1. The molecule has 1 saturated carbocycles. The molecule has 0 spiro atoms. The van der Waals surface area contributed by atoms with Crippen LogP contribution in [-0.2, 0) is 21.2 Å². The molecule has 0 radical (unpaired) electrons. The van der Waals surface area contributed by atoms with Crippen molar-refractivity contribution in [2.45, 2.75) is 50.8 Å². The lowest BCUT2D eigenvalue weighted by atomic mass is 10.2. The number of nitrogens with zero attached hydrogens (tertiary/aromatic N) is 3. The van der Waals surface area contributed by atoms with Crippen LogP contribution in [0.1, 0.15) is 43.6 Å². The molecule has 2 aromatic rings. The third kappa shape index (κ3) is 4.20. The van der Waals surface area contributed by atoms with Crippen molar-refractivity contribution in [1.29, 1.82) is 0 Å². The Morgan fingerprint density at radius 1 is 1.19 bits per heavy atom. The summed E-state index contributed by atoms with van der Waals surface area (Å²) < 4.78 is 24.6. The Labute approximate surface area is 154 Å². The molecule has 3 rings (SSSR count). The van der Waals surface area contributed by atoms with Gasteiger partial charge in [0.2, 0.25) is 5.91 Å². The van der Waals surface area contributed by atoms with E-state index in [1.807, 2.05) is 31.2 Å². The normalized spacial score (nSPS) is 15.5. The van der Waals surface area contributed by atoms with Gasteiger partial charge in [0.25, 0.3) is 0 Å². The average molecular weight is 375 g/mol. The Morgan fingerprint density at radius 3 is 2.62 bits per heavy atom. The molecule has 1 aliphatic carbocycles. The van der Waals surface area contributed by atoms with Gasteiger partial charge in [0.05, 0.1) is 23.1 Å². The maximum Gasteiger partial charge on any atom is 0.223 e. The largest absolute Gasteiger partial charge is 0.338 e. The van der Waals surface area contributed by atoms with Crippen molar-refractivity contribution in [3.63, 3.8) is 0 Å². The number of aromatic nitrogens is 2. The second kappa shape index (κ2) is 7.70. The fourth-order valence-corrected chi connectivity index (χ4v) is 5.34. The van der Waals surface area contributed by atoms with Gasteiger partial charge in [-0.1, -0.05) is 31.0 Å². The topological polar surface area (TPSA) is 80.2 Å². The van der Waals surface area contributed by atoms with Crippen LogP contribution in [0.2, 0.25) is 0 Å². The van der Waals surface area contributed by atoms with E-state index >= 15 is 0 Å². The van der Waals surface area contributed by atoms with E-state index in [-0.39, 0.29) is 29.9 Å². The maximum atomic E-state index is 12.4. The molecule has 1 amide bonds. The number of benzene rings is 1. The summed E-state index contributed by atoms with van der Waals surface area (Å²) in [4.78, 5) is 22.9. The summed E-state index contributed by atoms with van der Waals surface area (Å²) in [5.74, 6) is 0.301. The zero-order valence-corrected chi connectivity index (χ0v) is 16.1. The molecule has 0 N–H and O–H groups in total. The maximum absolute atomic E-state index is 12.4. The van der Waals surface area contributed by atoms with E-state index in [4.69, 9.17) is 0 Å². The van der Waals surface area contributed by atoms with Crippen molar-refractivity contribution in [2.75, 3.05) is 12.8 Å². The minimum atomic E-state index is -3.18. The lowest BCUT2D eigenvalue weighted by Gasteiger charge is -2.18. The van der Waals surface area contributed by atoms with E-state index in [1.165, 1.54) is 4.90 Å². The van der Waals surface area contributed by atoms with Crippen LogP contribution in [0.25, 0.3) is 10.9 Å². The standard InChI is InChI=1S/C19H25N3O3S/c1-14-16-9-5-6-10-17(16)21-18(20-14)13-22(2)19(23)11-12-26(24,25)15-7-3-4-8-15/h5-6,9-10,15H,3-4,7-8,11-13H2,1-2H3. The summed E-state index contributed by atoms with van der Waals surface area (Å²) in [5, 5.41) is 0.736. The molecule has 1 heterocycles. The van der Waals surface area contributed by atoms with Gasteiger partial charge in [-0.05, 0) is 25.8 Å². The van der Waals surface area contributed by atoms with Crippen LogP contribution < -0.4 is 0 Å². The van der Waals surface area contributed by atoms with Gasteiger partial charge in [-0.2, -0.15) is 0 Å². The van der Waals surface area contributed by atoms with Crippen LogP contribution in [0.4, 0.5) is 0 Å². The van der Waals surface area contributed by atoms with Crippen molar-refractivity contribution < 1.29 is 13.2 Å². The van der Waals surface area contributed by atoms with E-state index in [1.54, 1.807) is 7.05 Å². The number of para-hydroxylation sites is 1. The van der Waals surface area contributed by atoms with Crippen LogP contribution in [0.3, 0.4) is 0 Å². The van der Waals surface area contributed by atoms with Crippen LogP contribution in [0.5, 0.6) is 0 Å². The van der Waals surface area contributed by atoms with Gasteiger partial charge < -0.3 is 4.90 Å². The van der Waals surface area contributed by atoms with Gasteiger partial charge in [-0.25, -0.2) is 18.4 Å². The van der Waals surface area contributed by atoms with Crippen LogP contribution in [-0.4, -0.2) is 47.2 Å². The van der Waals surface area contributed by atoms with Gasteiger partial charge in [0.1, 0.15) is 5.82 Å². The lowest BCUT2D eigenvalue weighted by Crippen LogP contribution is -2.30. The molecular formula is C19H25N3O3S. The average Bonchev–Trinajstić information content (AvgIpc) is 3.15. The number of aryl methyl sites for hydroxylation is 1. The number of sulfone groups is 1. The van der Waals surface area contributed by atoms with Crippen LogP contribution >= 0.6 is 0 Å². The number of carbonyl (C=O) groups excluding carboxylic acids is 1. The van der Waals surface area contributed by atoms with Crippen molar-refractivity contribution in [3.05, 3.63) is 35.8 Å². The molecular weight excluding hydrogens is 350 g/mol. The summed E-state index contributed by atoms with van der Waals surface area (Å²) in [7, 11) is -1.51. The Bertz CT molecular complexity index is 905. The highest BCUT2D eigenvalue weighted by Gasteiger charge is 2.29. The molecule has 1 aliphatic rings. The second-order valence-corrected chi connectivity index (χ2v) is 9.42. The Hall–Kier alpha value is -2.02. The fourth-order valence-electron chi connectivity index (χ4n) is 3.50. The van der Waals surface area contributed by atoms with Crippen molar-refractivity contribution in [2.24, 2.45) is 0 Å². The molecule has 1 fully saturated rings.